The van der Waals surface area contributed by atoms with E-state index in [1.807, 2.05) is 6.92 Å². The van der Waals surface area contributed by atoms with Crippen molar-refractivity contribution in [3.8, 4) is 0 Å². The first-order valence-corrected chi connectivity index (χ1v) is 9.44. The number of halogens is 2. The van der Waals surface area contributed by atoms with Crippen LogP contribution in [0.3, 0.4) is 0 Å². The van der Waals surface area contributed by atoms with E-state index < -0.39 is 17.2 Å². The quantitative estimate of drug-likeness (QED) is 0.661. The Labute approximate surface area is 171 Å². The van der Waals surface area contributed by atoms with Crippen LogP contribution in [0.1, 0.15) is 30.3 Å². The fourth-order valence-corrected chi connectivity index (χ4v) is 3.14. The van der Waals surface area contributed by atoms with Crippen LogP contribution in [-0.2, 0) is 18.3 Å². The van der Waals surface area contributed by atoms with Gasteiger partial charge in [-0.2, -0.15) is 0 Å². The van der Waals surface area contributed by atoms with Crippen molar-refractivity contribution >= 4 is 40.6 Å². The van der Waals surface area contributed by atoms with Crippen molar-refractivity contribution in [1.82, 2.24) is 14.1 Å². The number of aromatic amines is 1. The number of rotatable bonds is 8. The summed E-state index contributed by atoms with van der Waals surface area (Å²) in [6.45, 7) is 2.46. The molecule has 1 amide bonds. The molecule has 2 aromatic rings. The Hall–Kier alpha value is -2.23. The molecule has 0 aliphatic heterocycles. The molecule has 3 N–H and O–H groups in total. The number of nitrogen functional groups attached to an aromatic ring is 1. The maximum atomic E-state index is 13.2. The van der Waals surface area contributed by atoms with E-state index in [9.17, 15) is 14.4 Å². The van der Waals surface area contributed by atoms with E-state index in [0.717, 1.165) is 6.42 Å². The van der Waals surface area contributed by atoms with Gasteiger partial charge < -0.3 is 15.0 Å². The molecule has 0 aliphatic rings. The zero-order valence-electron chi connectivity index (χ0n) is 15.9. The third kappa shape index (κ3) is 4.26. The number of H-pyrrole nitrogens is 1. The summed E-state index contributed by atoms with van der Waals surface area (Å²) in [6.07, 6.45) is 1.51. The summed E-state index contributed by atoms with van der Waals surface area (Å²) in [7, 11) is 3.04. The topological polar surface area (TPSA) is 115 Å². The number of methoxy groups -OCH3 is 1. The lowest BCUT2D eigenvalue weighted by atomic mass is 10.3. The summed E-state index contributed by atoms with van der Waals surface area (Å²) in [4.78, 5) is 41.3. The molecule has 154 valence electrons. The van der Waals surface area contributed by atoms with Gasteiger partial charge in [0, 0.05) is 27.2 Å². The van der Waals surface area contributed by atoms with Crippen molar-refractivity contribution in [3.05, 3.63) is 42.8 Å². The monoisotopic (exact) mass is 431 g/mol. The number of hydrogen-bond donors (Lipinski definition) is 2. The number of ether oxygens (including phenoxy) is 1. The van der Waals surface area contributed by atoms with Gasteiger partial charge in [0.2, 0.25) is 0 Å². The lowest BCUT2D eigenvalue weighted by Crippen LogP contribution is -2.43. The number of nitrogens with one attached hydrogen (secondary N) is 1. The molecular formula is C17H23Cl2N5O4. The van der Waals surface area contributed by atoms with Crippen LogP contribution >= 0.6 is 23.2 Å². The third-order valence-corrected chi connectivity index (χ3v) is 5.16. The van der Waals surface area contributed by atoms with Gasteiger partial charge in [0.25, 0.3) is 11.5 Å². The summed E-state index contributed by atoms with van der Waals surface area (Å²) >= 11 is 12.1. The molecule has 0 atom stereocenters. The summed E-state index contributed by atoms with van der Waals surface area (Å²) in [5.41, 5.74) is 4.80. The van der Waals surface area contributed by atoms with Gasteiger partial charge in [-0.05, 0) is 12.5 Å². The minimum Gasteiger partial charge on any atom is -0.383 e. The number of hydrogen-bond acceptors (Lipinski definition) is 5. The predicted molar refractivity (Wildman–Crippen MR) is 110 cm³/mol. The number of nitrogens with zero attached hydrogens (tertiary/aromatic N) is 3. The van der Waals surface area contributed by atoms with Gasteiger partial charge in [0.05, 0.1) is 11.6 Å². The molecule has 9 nitrogen and oxygen atoms in total. The lowest BCUT2D eigenvalue weighted by molar-refractivity contribution is 0.0967. The molecule has 28 heavy (non-hydrogen) atoms. The molecule has 11 heteroatoms. The number of nitrogens with two attached hydrogens (primary N) is 1. The van der Waals surface area contributed by atoms with Crippen molar-refractivity contribution in [2.45, 2.75) is 26.3 Å². The normalized spacial score (nSPS) is 11.0. The lowest BCUT2D eigenvalue weighted by Gasteiger charge is -2.24. The highest BCUT2D eigenvalue weighted by Gasteiger charge is 2.27. The van der Waals surface area contributed by atoms with Crippen LogP contribution in [0.5, 0.6) is 0 Å². The van der Waals surface area contributed by atoms with Crippen molar-refractivity contribution in [1.29, 1.82) is 0 Å². The van der Waals surface area contributed by atoms with Crippen molar-refractivity contribution in [2.24, 2.45) is 7.05 Å². The van der Waals surface area contributed by atoms with Crippen LogP contribution in [0.25, 0.3) is 0 Å². The molecule has 0 aliphatic carbocycles. The van der Waals surface area contributed by atoms with E-state index >= 15 is 0 Å². The number of aromatic nitrogens is 3. The Morgan fingerprint density at radius 1 is 1.36 bits per heavy atom. The molecule has 0 saturated carbocycles. The molecule has 0 spiro atoms. The molecule has 0 saturated heterocycles. The SMILES string of the molecule is CCCCn1c(N)c(N(CCOC)C(=O)c2cc(Cl)c(Cl)n2C)c(=O)[nH]c1=O. The highest BCUT2D eigenvalue weighted by atomic mass is 35.5. The molecular weight excluding hydrogens is 409 g/mol. The molecule has 0 aromatic carbocycles. The second-order valence-electron chi connectivity index (χ2n) is 6.18. The molecule has 2 rings (SSSR count). The van der Waals surface area contributed by atoms with Crippen LogP contribution < -0.4 is 21.9 Å². The average Bonchev–Trinajstić information content (AvgIpc) is 2.91. The molecule has 0 bridgehead atoms. The minimum atomic E-state index is -0.758. The van der Waals surface area contributed by atoms with Gasteiger partial charge in [-0.15, -0.1) is 0 Å². The Kier molecular flexibility index (Phi) is 7.34. The maximum Gasteiger partial charge on any atom is 0.330 e. The molecule has 2 heterocycles. The standard InChI is InChI=1S/C17H23Cl2N5O4/c1-4-5-6-24-14(20)12(15(25)21-17(24)27)23(7-8-28-3)16(26)11-9-10(18)13(19)22(11)2/h9H,4-8,20H2,1-3H3,(H,21,25,27). The van der Waals surface area contributed by atoms with Gasteiger partial charge >= 0.3 is 5.69 Å². The first-order chi connectivity index (χ1) is 13.2. The zero-order valence-corrected chi connectivity index (χ0v) is 17.4. The number of carbonyl (C=O) groups excluding carboxylic acids is 1. The van der Waals surface area contributed by atoms with E-state index in [-0.39, 0.29) is 40.5 Å². The van der Waals surface area contributed by atoms with Gasteiger partial charge in [-0.3, -0.25) is 24.0 Å². The molecule has 0 unspecified atom stereocenters. The highest BCUT2D eigenvalue weighted by molar-refractivity contribution is 6.42. The smallest absolute Gasteiger partial charge is 0.330 e. The number of amides is 1. The Balaban J connectivity index is 2.62. The predicted octanol–water partition coefficient (Wildman–Crippen LogP) is 1.86. The maximum absolute atomic E-state index is 13.2. The van der Waals surface area contributed by atoms with Crippen molar-refractivity contribution in [2.75, 3.05) is 30.9 Å². The number of carbonyl (C=O) groups is 1. The fourth-order valence-electron chi connectivity index (χ4n) is 2.76. The van der Waals surface area contributed by atoms with Crippen molar-refractivity contribution in [3.63, 3.8) is 0 Å². The van der Waals surface area contributed by atoms with Crippen molar-refractivity contribution < 1.29 is 9.53 Å². The van der Waals surface area contributed by atoms with Crippen LogP contribution in [0.15, 0.2) is 15.7 Å². The van der Waals surface area contributed by atoms with E-state index in [1.54, 1.807) is 7.05 Å². The number of anilines is 2. The summed E-state index contributed by atoms with van der Waals surface area (Å²) in [5.74, 6) is -0.635. The van der Waals surface area contributed by atoms with Gasteiger partial charge in [-0.1, -0.05) is 36.5 Å². The Morgan fingerprint density at radius 3 is 2.57 bits per heavy atom. The van der Waals surface area contributed by atoms with E-state index in [1.165, 1.54) is 27.2 Å². The minimum absolute atomic E-state index is 0.0367. The summed E-state index contributed by atoms with van der Waals surface area (Å²) < 4.78 is 7.72. The van der Waals surface area contributed by atoms with E-state index in [0.29, 0.717) is 13.0 Å². The largest absolute Gasteiger partial charge is 0.383 e. The zero-order chi connectivity index (χ0) is 21.0. The number of unbranched alkanes of at least 4 members (excludes halogenated alkanes) is 1. The fraction of sp³-hybridized carbons (Fsp3) is 0.471. The second kappa shape index (κ2) is 9.31. The molecule has 0 radical (unpaired) electrons. The van der Waals surface area contributed by atoms with Crippen LogP contribution in [0.2, 0.25) is 10.2 Å². The van der Waals surface area contributed by atoms with Crippen LogP contribution in [0.4, 0.5) is 11.5 Å². The van der Waals surface area contributed by atoms with Crippen LogP contribution in [0, 0.1) is 0 Å². The third-order valence-electron chi connectivity index (χ3n) is 4.32. The summed E-state index contributed by atoms with van der Waals surface area (Å²) in [5, 5.41) is 0.389. The molecule has 2 aromatic heterocycles. The highest BCUT2D eigenvalue weighted by Crippen LogP contribution is 2.27. The van der Waals surface area contributed by atoms with E-state index in [2.05, 4.69) is 4.98 Å². The average molecular weight is 432 g/mol. The Morgan fingerprint density at radius 2 is 2.04 bits per heavy atom. The second-order valence-corrected chi connectivity index (χ2v) is 6.94. The van der Waals surface area contributed by atoms with Crippen LogP contribution in [-0.4, -0.2) is 40.3 Å². The molecule has 0 fully saturated rings. The first-order valence-electron chi connectivity index (χ1n) is 8.68. The first kappa shape index (κ1) is 22.1. The Bertz CT molecular complexity index is 979. The van der Waals surface area contributed by atoms with E-state index in [4.69, 9.17) is 33.7 Å². The summed E-state index contributed by atoms with van der Waals surface area (Å²) in [6, 6.07) is 1.41. The van der Waals surface area contributed by atoms with Gasteiger partial charge in [0.15, 0.2) is 5.69 Å². The van der Waals surface area contributed by atoms with Gasteiger partial charge in [0.1, 0.15) is 16.7 Å². The van der Waals surface area contributed by atoms with Gasteiger partial charge in [-0.25, -0.2) is 4.79 Å².